The summed E-state index contributed by atoms with van der Waals surface area (Å²) in [4.78, 5) is 141. The summed E-state index contributed by atoms with van der Waals surface area (Å²) in [6.07, 6.45) is -16.3. The third-order valence-corrected chi connectivity index (χ3v) is 14.8. The van der Waals surface area contributed by atoms with E-state index in [0.717, 1.165) is 49.9 Å². The highest BCUT2D eigenvalue weighted by molar-refractivity contribution is 7.99. The van der Waals surface area contributed by atoms with E-state index in [1.54, 1.807) is 125 Å². The Morgan fingerprint density at radius 3 is 0.898 bits per heavy atom. The minimum atomic E-state index is -5.15. The van der Waals surface area contributed by atoms with Crippen LogP contribution in [0.5, 0.6) is 11.5 Å². The average molecular weight is 1580 g/mol. The number of aliphatic imine (C=N–C) groups is 2. The van der Waals surface area contributed by atoms with Crippen molar-refractivity contribution in [2.75, 3.05) is 73.2 Å². The van der Waals surface area contributed by atoms with Crippen LogP contribution < -0.4 is 62.6 Å². The van der Waals surface area contributed by atoms with Gasteiger partial charge in [-0.05, 0) is 181 Å². The molecular weight excluding hydrogens is 1470 g/mol. The van der Waals surface area contributed by atoms with Gasteiger partial charge in [0.25, 0.3) is 11.8 Å². The molecule has 3 aromatic rings. The van der Waals surface area contributed by atoms with E-state index in [0.29, 0.717) is 24.3 Å². The number of alkyl carbamates (subject to hydrolysis) is 6. The van der Waals surface area contributed by atoms with Gasteiger partial charge in [0.15, 0.2) is 0 Å². The van der Waals surface area contributed by atoms with Gasteiger partial charge in [-0.15, -0.1) is 23.5 Å². The fourth-order valence-corrected chi connectivity index (χ4v) is 10.4. The second-order valence-electron chi connectivity index (χ2n) is 29.5. The number of ether oxygens (including phenoxy) is 8. The molecule has 108 heavy (non-hydrogen) atoms. The molecule has 0 aliphatic carbocycles. The molecule has 0 unspecified atom stereocenters. The monoisotopic (exact) mass is 1570 g/mol. The van der Waals surface area contributed by atoms with Gasteiger partial charge >= 0.3 is 48.9 Å². The smallest absolute Gasteiger partial charge is 0.416 e. The highest BCUT2D eigenvalue weighted by atomic mass is 32.2. The van der Waals surface area contributed by atoms with Gasteiger partial charge in [0.05, 0.1) is 69.0 Å². The van der Waals surface area contributed by atoms with Crippen molar-refractivity contribution in [2.45, 2.75) is 219 Å². The van der Waals surface area contributed by atoms with E-state index in [1.165, 1.54) is 0 Å². The van der Waals surface area contributed by atoms with Gasteiger partial charge < -0.3 is 69.8 Å². The van der Waals surface area contributed by atoms with Crippen molar-refractivity contribution in [3.8, 4) is 11.5 Å². The molecule has 0 heterocycles. The van der Waals surface area contributed by atoms with Crippen LogP contribution in [0.15, 0.2) is 56.2 Å². The van der Waals surface area contributed by atoms with E-state index >= 15 is 26.3 Å². The lowest BCUT2D eigenvalue weighted by molar-refractivity contribution is -0.138. The zero-order chi connectivity index (χ0) is 82.1. The van der Waals surface area contributed by atoms with Crippen LogP contribution in [0.2, 0.25) is 0 Å². The molecule has 0 fully saturated rings. The Kier molecular flexibility index (Phi) is 34.3. The third kappa shape index (κ3) is 36.8. The molecule has 30 nitrogen and oxygen atoms in total. The van der Waals surface area contributed by atoms with Crippen LogP contribution in [0.1, 0.15) is 195 Å². The Morgan fingerprint density at radius 1 is 0.370 bits per heavy atom. The molecule has 0 saturated heterocycles. The second kappa shape index (κ2) is 40.0. The SMILES string of the molecule is COc1cc(OC)c(C(=O)Nc2cc(C(F)(F)F)cc(NC(=O)CCCCN=C(NC(=O)OC(C)(C)C)NC(=O)OC(C)(C)C)c2SCCNC(=O)OC(C)(C)C)cc1C(=O)Nc1cc(C(F)(F)F)cc(NC(=O)CCCCN=C(NC(=O)OC(C)(C)C)NC(=O)OC(C)(C)C)c1SCCNC(=O)OC(C)(C)C. The average Bonchev–Trinajstić information content (AvgIpc) is 0.787. The van der Waals surface area contributed by atoms with Gasteiger partial charge in [-0.25, -0.2) is 28.8 Å². The molecular formula is C70H100F6N12O18S2. The van der Waals surface area contributed by atoms with Gasteiger partial charge in [-0.2, -0.15) is 26.3 Å². The minimum absolute atomic E-state index is 0.0259. The number of alkyl halides is 6. The number of nitrogens with zero attached hydrogens (tertiary/aromatic N) is 2. The van der Waals surface area contributed by atoms with Crippen LogP contribution in [-0.4, -0.2) is 158 Å². The predicted molar refractivity (Wildman–Crippen MR) is 395 cm³/mol. The normalized spacial score (nSPS) is 11.9. The molecule has 602 valence electrons. The number of thioether (sulfide) groups is 2. The largest absolute Gasteiger partial charge is 0.496 e. The van der Waals surface area contributed by atoms with Crippen molar-refractivity contribution in [2.24, 2.45) is 9.98 Å². The first-order chi connectivity index (χ1) is 49.5. The molecule has 0 aromatic heterocycles. The first-order valence-electron chi connectivity index (χ1n) is 33.8. The first kappa shape index (κ1) is 92.6. The van der Waals surface area contributed by atoms with Gasteiger partial charge in [0.2, 0.25) is 23.7 Å². The number of anilines is 4. The number of halogens is 6. The van der Waals surface area contributed by atoms with Crippen molar-refractivity contribution in [1.82, 2.24) is 31.9 Å². The van der Waals surface area contributed by atoms with E-state index in [2.05, 4.69) is 63.2 Å². The summed E-state index contributed by atoms with van der Waals surface area (Å²) in [5.74, 6) is -5.84. The van der Waals surface area contributed by atoms with E-state index in [9.17, 15) is 47.9 Å². The zero-order valence-corrected chi connectivity index (χ0v) is 65.9. The number of carbonyl (C=O) groups excluding carboxylic acids is 10. The predicted octanol–water partition coefficient (Wildman–Crippen LogP) is 14.5. The number of carbonyl (C=O) groups is 10. The van der Waals surface area contributed by atoms with Crippen LogP contribution in [0.4, 0.5) is 77.9 Å². The van der Waals surface area contributed by atoms with Crippen molar-refractivity contribution in [3.63, 3.8) is 0 Å². The first-order valence-corrected chi connectivity index (χ1v) is 35.8. The molecule has 10 N–H and O–H groups in total. The summed E-state index contributed by atoms with van der Waals surface area (Å²) in [7, 11) is 2.19. The Hall–Kier alpha value is -9.62. The number of rotatable bonds is 26. The van der Waals surface area contributed by atoms with Gasteiger partial charge in [-0.1, -0.05) is 0 Å². The van der Waals surface area contributed by atoms with Crippen LogP contribution >= 0.6 is 23.5 Å². The number of guanidine groups is 2. The van der Waals surface area contributed by atoms with Crippen LogP contribution in [0, 0.1) is 0 Å². The number of amides is 10. The van der Waals surface area contributed by atoms with E-state index in [1.807, 2.05) is 0 Å². The summed E-state index contributed by atoms with van der Waals surface area (Å²) in [5.41, 5.74) is -11.6. The van der Waals surface area contributed by atoms with E-state index < -0.39 is 151 Å². The van der Waals surface area contributed by atoms with Gasteiger partial charge in [0.1, 0.15) is 45.1 Å². The Bertz CT molecular complexity index is 3460. The molecule has 3 rings (SSSR count). The summed E-state index contributed by atoms with van der Waals surface area (Å²) < 4.78 is 133. The summed E-state index contributed by atoms with van der Waals surface area (Å²) >= 11 is 1.56. The van der Waals surface area contributed by atoms with Gasteiger partial charge in [-0.3, -0.25) is 50.4 Å². The molecule has 0 atom stereocenters. The third-order valence-electron chi connectivity index (χ3n) is 12.6. The molecule has 0 bridgehead atoms. The van der Waals surface area contributed by atoms with Crippen molar-refractivity contribution >= 4 is 118 Å². The summed E-state index contributed by atoms with van der Waals surface area (Å²) in [6, 6.07) is 4.27. The van der Waals surface area contributed by atoms with Crippen molar-refractivity contribution < 1.29 is 112 Å². The van der Waals surface area contributed by atoms with Crippen LogP contribution in [-0.2, 0) is 50.4 Å². The van der Waals surface area contributed by atoms with Crippen molar-refractivity contribution in [1.29, 1.82) is 0 Å². The Labute approximate surface area is 632 Å². The molecule has 0 radical (unpaired) electrons. The molecule has 0 saturated carbocycles. The lowest BCUT2D eigenvalue weighted by Gasteiger charge is -2.22. The Balaban J connectivity index is 2.17. The summed E-state index contributed by atoms with van der Waals surface area (Å²) in [6.45, 7) is 28.3. The van der Waals surface area contributed by atoms with E-state index in [4.69, 9.17) is 37.9 Å². The lowest BCUT2D eigenvalue weighted by atomic mass is 10.1. The second-order valence-corrected chi connectivity index (χ2v) is 31.7. The maximum absolute atomic E-state index is 15.0. The quantitative estimate of drug-likeness (QED) is 0.00891. The zero-order valence-electron chi connectivity index (χ0n) is 64.3. The molecule has 0 aliphatic heterocycles. The molecule has 10 amide bonds. The number of methoxy groups -OCH3 is 2. The number of nitrogens with one attached hydrogen (secondary N) is 10. The molecule has 0 spiro atoms. The summed E-state index contributed by atoms with van der Waals surface area (Å²) in [5, 5.41) is 24.2. The highest BCUT2D eigenvalue weighted by Crippen LogP contribution is 2.44. The number of benzene rings is 3. The molecule has 38 heteroatoms. The van der Waals surface area contributed by atoms with Crippen molar-refractivity contribution in [3.05, 3.63) is 58.7 Å². The lowest BCUT2D eigenvalue weighted by Crippen LogP contribution is -2.47. The topological polar surface area (TPSA) is 390 Å². The minimum Gasteiger partial charge on any atom is -0.496 e. The van der Waals surface area contributed by atoms with Crippen LogP contribution in [0.3, 0.4) is 0 Å². The number of hydrogen-bond donors (Lipinski definition) is 10. The van der Waals surface area contributed by atoms with E-state index in [-0.39, 0.29) is 109 Å². The highest BCUT2D eigenvalue weighted by Gasteiger charge is 2.36. The molecule has 3 aromatic carbocycles. The van der Waals surface area contributed by atoms with Gasteiger partial charge in [0, 0.05) is 56.6 Å². The Morgan fingerprint density at radius 2 is 0.639 bits per heavy atom. The number of unbranched alkanes of at least 4 members (excludes halogenated alkanes) is 2. The fourth-order valence-electron chi connectivity index (χ4n) is 8.56. The number of hydrogen-bond acceptors (Lipinski definition) is 22. The fraction of sp³-hybridized carbons (Fsp3) is 0.571. The standard InChI is InChI=1S/C70H100F6N12O18S2/c1-63(2,3)101-57(93)79-29-31-107-51-43(81-49(89)25-21-23-27-77-55(85-59(95)103-65(7,8)9)86-60(96)104-66(10,11)12)33-39(69(71,72)73)35-45(51)83-53(91)41-37-42(48(100-20)38-47(41)99-19)54(92)84-46-36-40(70(74,75)76)34-44(52(46)108-32-30-80-58(94)102-64(4,5)6)82-50(90)26-22-24-28-78-56(87-61(97)105-67(13,14)15)88-62(98)106-68(16,17)18/h33-38H,21-32H2,1-20H3,(H,79,93)(H,80,94)(H,81,89)(H,82,90)(H,83,91)(H,84,92)(H2,77,85,86,95,96)(H2,78,87,88,97,98). The maximum atomic E-state index is 15.0. The molecule has 0 aliphatic rings. The maximum Gasteiger partial charge on any atom is 0.416 e. The van der Waals surface area contributed by atoms with Crippen LogP contribution in [0.25, 0.3) is 0 Å².